The van der Waals surface area contributed by atoms with Gasteiger partial charge in [-0.3, -0.25) is 4.79 Å². The first-order valence-electron chi connectivity index (χ1n) is 4.87. The minimum absolute atomic E-state index is 0.404. The Morgan fingerprint density at radius 2 is 2.13 bits per heavy atom. The van der Waals surface area contributed by atoms with Crippen molar-refractivity contribution in [1.82, 2.24) is 10.0 Å². The highest BCUT2D eigenvalue weighted by molar-refractivity contribution is 7.87. The molecule has 15 heavy (non-hydrogen) atoms. The summed E-state index contributed by atoms with van der Waals surface area (Å²) in [4.78, 5) is 11.4. The number of amides is 1. The van der Waals surface area contributed by atoms with Gasteiger partial charge < -0.3 is 5.32 Å². The van der Waals surface area contributed by atoms with Gasteiger partial charge in [0, 0.05) is 0 Å². The van der Waals surface area contributed by atoms with Gasteiger partial charge in [0.05, 0.1) is 6.04 Å². The molecule has 0 unspecified atom stereocenters. The Hall–Kier alpha value is -0.660. The van der Waals surface area contributed by atoms with Gasteiger partial charge in [-0.1, -0.05) is 13.8 Å². The molecular weight excluding hydrogens is 218 g/mol. The molecule has 0 bridgehead atoms. The maximum Gasteiger partial charge on any atom is 0.298 e. The molecular formula is C8H17N3O3S. The molecule has 0 aromatic carbocycles. The second-order valence-corrected chi connectivity index (χ2v) is 5.51. The number of nitrogens with one attached hydrogen (secondary N) is 2. The normalized spacial score (nSPS) is 26.9. The SMILES string of the molecule is CC(C)[C@H]1CN[C@@H](C(=O)NS(N)(=O)=O)C1. The maximum atomic E-state index is 11.4. The quantitative estimate of drug-likeness (QED) is 0.580. The summed E-state index contributed by atoms with van der Waals surface area (Å²) in [5.74, 6) is 0.312. The Morgan fingerprint density at radius 1 is 1.53 bits per heavy atom. The third kappa shape index (κ3) is 3.77. The molecule has 1 aliphatic heterocycles. The monoisotopic (exact) mass is 235 g/mol. The highest BCUT2D eigenvalue weighted by Gasteiger charge is 2.31. The van der Waals surface area contributed by atoms with Crippen LogP contribution in [0.15, 0.2) is 0 Å². The molecule has 7 heteroatoms. The topological polar surface area (TPSA) is 101 Å². The highest BCUT2D eigenvalue weighted by atomic mass is 32.2. The van der Waals surface area contributed by atoms with Crippen molar-refractivity contribution >= 4 is 16.1 Å². The molecule has 0 aromatic heterocycles. The number of carbonyl (C=O) groups excluding carboxylic acids is 1. The van der Waals surface area contributed by atoms with Gasteiger partial charge in [-0.05, 0) is 24.8 Å². The van der Waals surface area contributed by atoms with Crippen LogP contribution >= 0.6 is 0 Å². The second-order valence-electron chi connectivity index (χ2n) is 4.21. The molecule has 0 radical (unpaired) electrons. The molecule has 0 spiro atoms. The van der Waals surface area contributed by atoms with Gasteiger partial charge >= 0.3 is 0 Å². The molecule has 2 atom stereocenters. The Bertz CT molecular complexity index is 339. The molecule has 6 nitrogen and oxygen atoms in total. The number of nitrogens with two attached hydrogens (primary N) is 1. The van der Waals surface area contributed by atoms with Crippen molar-refractivity contribution in [2.45, 2.75) is 26.3 Å². The van der Waals surface area contributed by atoms with Crippen molar-refractivity contribution in [3.8, 4) is 0 Å². The molecule has 1 aliphatic rings. The third-order valence-electron chi connectivity index (χ3n) is 2.67. The van der Waals surface area contributed by atoms with E-state index in [0.717, 1.165) is 6.54 Å². The minimum atomic E-state index is -3.94. The van der Waals surface area contributed by atoms with Crippen LogP contribution < -0.4 is 15.2 Å². The fourth-order valence-electron chi connectivity index (χ4n) is 1.68. The predicted molar refractivity (Wildman–Crippen MR) is 56.0 cm³/mol. The fourth-order valence-corrected chi connectivity index (χ4v) is 2.10. The van der Waals surface area contributed by atoms with E-state index >= 15 is 0 Å². The second kappa shape index (κ2) is 4.46. The number of carbonyl (C=O) groups is 1. The van der Waals surface area contributed by atoms with Gasteiger partial charge in [-0.2, -0.15) is 8.42 Å². The van der Waals surface area contributed by atoms with E-state index in [1.807, 2.05) is 0 Å². The molecule has 0 aromatic rings. The summed E-state index contributed by atoms with van der Waals surface area (Å²) in [6.07, 6.45) is 0.652. The van der Waals surface area contributed by atoms with Gasteiger partial charge in [0.1, 0.15) is 0 Å². The molecule has 1 rings (SSSR count). The van der Waals surface area contributed by atoms with Crippen molar-refractivity contribution in [1.29, 1.82) is 0 Å². The van der Waals surface area contributed by atoms with Crippen molar-refractivity contribution < 1.29 is 13.2 Å². The lowest BCUT2D eigenvalue weighted by atomic mass is 9.93. The number of hydrogen-bond acceptors (Lipinski definition) is 4. The number of rotatable bonds is 3. The fraction of sp³-hybridized carbons (Fsp3) is 0.875. The Balaban J connectivity index is 2.51. The van der Waals surface area contributed by atoms with E-state index in [4.69, 9.17) is 5.14 Å². The standard InChI is InChI=1S/C8H17N3O3S/c1-5(2)6-3-7(10-4-6)8(12)11-15(9,13)14/h5-7,10H,3-4H2,1-2H3,(H,11,12)(H2,9,13,14)/t6-,7-/m1/s1. The van der Waals surface area contributed by atoms with Gasteiger partial charge in [0.2, 0.25) is 0 Å². The Kier molecular flexibility index (Phi) is 3.69. The van der Waals surface area contributed by atoms with E-state index in [1.165, 1.54) is 0 Å². The summed E-state index contributed by atoms with van der Waals surface area (Å²) in [5, 5.41) is 7.69. The Morgan fingerprint density at radius 3 is 2.53 bits per heavy atom. The van der Waals surface area contributed by atoms with Crippen LogP contribution in [0.1, 0.15) is 20.3 Å². The van der Waals surface area contributed by atoms with Gasteiger partial charge in [-0.15, -0.1) is 0 Å². The average Bonchev–Trinajstić information content (AvgIpc) is 2.47. The molecule has 4 N–H and O–H groups in total. The van der Waals surface area contributed by atoms with Crippen molar-refractivity contribution in [2.24, 2.45) is 17.0 Å². The largest absolute Gasteiger partial charge is 0.306 e. The molecule has 1 saturated heterocycles. The zero-order chi connectivity index (χ0) is 11.6. The lowest BCUT2D eigenvalue weighted by Gasteiger charge is -2.12. The lowest BCUT2D eigenvalue weighted by molar-refractivity contribution is -0.121. The van der Waals surface area contributed by atoms with Crippen LogP contribution in [0.5, 0.6) is 0 Å². The molecule has 1 amide bonds. The summed E-state index contributed by atoms with van der Waals surface area (Å²) in [7, 11) is -3.94. The van der Waals surface area contributed by atoms with E-state index in [1.54, 1.807) is 4.72 Å². The summed E-state index contributed by atoms with van der Waals surface area (Å²) in [6.45, 7) is 4.89. The summed E-state index contributed by atoms with van der Waals surface area (Å²) in [5.41, 5.74) is 0. The summed E-state index contributed by atoms with van der Waals surface area (Å²) in [6, 6.07) is -0.448. The van der Waals surface area contributed by atoms with Crippen LogP contribution in [0.2, 0.25) is 0 Å². The Labute approximate surface area is 89.8 Å². The smallest absolute Gasteiger partial charge is 0.298 e. The lowest BCUT2D eigenvalue weighted by Crippen LogP contribution is -2.45. The first-order valence-corrected chi connectivity index (χ1v) is 6.42. The van der Waals surface area contributed by atoms with Crippen LogP contribution in [0.25, 0.3) is 0 Å². The van der Waals surface area contributed by atoms with E-state index in [0.29, 0.717) is 18.3 Å². The molecule has 88 valence electrons. The first-order chi connectivity index (χ1) is 6.79. The molecule has 1 heterocycles. The first kappa shape index (κ1) is 12.4. The van der Waals surface area contributed by atoms with Crippen molar-refractivity contribution in [3.63, 3.8) is 0 Å². The molecule has 0 aliphatic carbocycles. The summed E-state index contributed by atoms with van der Waals surface area (Å²) < 4.78 is 23.0. The van der Waals surface area contributed by atoms with Crippen molar-refractivity contribution in [3.05, 3.63) is 0 Å². The van der Waals surface area contributed by atoms with Gasteiger partial charge in [-0.25, -0.2) is 9.86 Å². The zero-order valence-electron chi connectivity index (χ0n) is 8.86. The third-order valence-corrected chi connectivity index (χ3v) is 3.15. The average molecular weight is 235 g/mol. The number of hydrogen-bond donors (Lipinski definition) is 3. The zero-order valence-corrected chi connectivity index (χ0v) is 9.67. The van der Waals surface area contributed by atoms with Crippen LogP contribution in [-0.4, -0.2) is 26.9 Å². The van der Waals surface area contributed by atoms with Crippen LogP contribution in [0.4, 0.5) is 0 Å². The maximum absolute atomic E-state index is 11.4. The van der Waals surface area contributed by atoms with Crippen LogP contribution in [0, 0.1) is 11.8 Å². The highest BCUT2D eigenvalue weighted by Crippen LogP contribution is 2.21. The molecule has 1 fully saturated rings. The van der Waals surface area contributed by atoms with Gasteiger partial charge in [0.25, 0.3) is 16.1 Å². The van der Waals surface area contributed by atoms with Crippen molar-refractivity contribution in [2.75, 3.05) is 6.54 Å². The van der Waals surface area contributed by atoms with E-state index < -0.39 is 22.2 Å². The minimum Gasteiger partial charge on any atom is -0.306 e. The predicted octanol–water partition coefficient (Wildman–Crippen LogP) is -1.06. The van der Waals surface area contributed by atoms with E-state index in [9.17, 15) is 13.2 Å². The molecule has 0 saturated carbocycles. The van der Waals surface area contributed by atoms with Crippen LogP contribution in [0.3, 0.4) is 0 Å². The van der Waals surface area contributed by atoms with E-state index in [-0.39, 0.29) is 0 Å². The van der Waals surface area contributed by atoms with E-state index in [2.05, 4.69) is 19.2 Å². The van der Waals surface area contributed by atoms with Crippen LogP contribution in [-0.2, 0) is 15.0 Å². The summed E-state index contributed by atoms with van der Waals surface area (Å²) >= 11 is 0. The van der Waals surface area contributed by atoms with Gasteiger partial charge in [0.15, 0.2) is 0 Å².